The molecule has 0 radical (unpaired) electrons. The molecule has 2 aliphatic rings. The quantitative estimate of drug-likeness (QED) is 0.345. The number of allylic oxidation sites excluding steroid dienone is 3. The lowest BCUT2D eigenvalue weighted by Crippen LogP contribution is -2.05. The van der Waals surface area contributed by atoms with E-state index in [1.165, 1.54) is 30.7 Å². The molecule has 6 heteroatoms. The smallest absolute Gasteiger partial charge is 0.107 e. The monoisotopic (exact) mass is 498 g/mol. The fourth-order valence-corrected chi connectivity index (χ4v) is 7.25. The van der Waals surface area contributed by atoms with Crippen LogP contribution >= 0.6 is 46.2 Å². The second-order valence-corrected chi connectivity index (χ2v) is 13.2. The molecule has 0 saturated heterocycles. The largest absolute Gasteiger partial charge is 0.239 e. The van der Waals surface area contributed by atoms with Gasteiger partial charge in [-0.1, -0.05) is 33.8 Å². The molecule has 0 atom stereocenters. The molecule has 2 aromatic heterocycles. The van der Waals surface area contributed by atoms with Crippen LogP contribution in [0.5, 0.6) is 0 Å². The van der Waals surface area contributed by atoms with Crippen molar-refractivity contribution in [3.63, 3.8) is 0 Å². The van der Waals surface area contributed by atoms with E-state index in [0.29, 0.717) is 11.8 Å². The SMILES string of the molecule is C/C=C/c1ccc(C2=NC(SCC(C)C)=C3C(c4ccc(C)s4)=NC(SCC(C)C)=C23)s1. The topological polar surface area (TPSA) is 24.7 Å². The van der Waals surface area contributed by atoms with Crippen molar-refractivity contribution in [1.82, 2.24) is 0 Å². The van der Waals surface area contributed by atoms with E-state index in [2.05, 4.69) is 78.0 Å². The lowest BCUT2D eigenvalue weighted by molar-refractivity contribution is 0.751. The normalized spacial score (nSPS) is 16.2. The first-order chi connectivity index (χ1) is 15.4. The molecule has 0 unspecified atom stereocenters. The minimum absolute atomic E-state index is 0.614. The van der Waals surface area contributed by atoms with Crippen molar-refractivity contribution in [3.05, 3.63) is 71.1 Å². The van der Waals surface area contributed by atoms with Crippen LogP contribution in [0.25, 0.3) is 6.08 Å². The van der Waals surface area contributed by atoms with Crippen LogP contribution in [0.15, 0.2) is 61.5 Å². The Morgan fingerprint density at radius 1 is 0.812 bits per heavy atom. The number of fused-ring (bicyclic) bond motifs is 1. The van der Waals surface area contributed by atoms with E-state index in [1.54, 1.807) is 0 Å². The van der Waals surface area contributed by atoms with Gasteiger partial charge in [-0.2, -0.15) is 0 Å². The molecule has 168 valence electrons. The number of nitrogens with zero attached hydrogens (tertiary/aromatic N) is 2. The summed E-state index contributed by atoms with van der Waals surface area (Å²) in [6.45, 7) is 13.3. The number of aryl methyl sites for hydroxylation is 1. The van der Waals surface area contributed by atoms with Gasteiger partial charge < -0.3 is 0 Å². The first-order valence-electron chi connectivity index (χ1n) is 11.1. The number of thioether (sulfide) groups is 2. The molecule has 0 aromatic carbocycles. The highest BCUT2D eigenvalue weighted by molar-refractivity contribution is 8.03. The van der Waals surface area contributed by atoms with Gasteiger partial charge in [0.15, 0.2) is 0 Å². The van der Waals surface area contributed by atoms with Gasteiger partial charge in [-0.25, -0.2) is 9.98 Å². The van der Waals surface area contributed by atoms with Crippen molar-refractivity contribution in [1.29, 1.82) is 0 Å². The second kappa shape index (κ2) is 10.3. The molecule has 0 fully saturated rings. The van der Waals surface area contributed by atoms with Gasteiger partial charge in [0.2, 0.25) is 0 Å². The van der Waals surface area contributed by atoms with E-state index in [-0.39, 0.29) is 0 Å². The second-order valence-electron chi connectivity index (χ2n) is 8.80. The highest BCUT2D eigenvalue weighted by Crippen LogP contribution is 2.47. The summed E-state index contributed by atoms with van der Waals surface area (Å²) in [5.41, 5.74) is 4.71. The van der Waals surface area contributed by atoms with Gasteiger partial charge in [-0.3, -0.25) is 0 Å². The highest BCUT2D eigenvalue weighted by atomic mass is 32.2. The van der Waals surface area contributed by atoms with Crippen molar-refractivity contribution in [2.24, 2.45) is 21.8 Å². The van der Waals surface area contributed by atoms with Crippen molar-refractivity contribution in [2.75, 3.05) is 11.5 Å². The van der Waals surface area contributed by atoms with Gasteiger partial charge in [0, 0.05) is 32.4 Å². The van der Waals surface area contributed by atoms with Gasteiger partial charge in [0.05, 0.1) is 21.2 Å². The maximum absolute atomic E-state index is 5.25. The van der Waals surface area contributed by atoms with Crippen LogP contribution in [0, 0.1) is 18.8 Å². The number of thiophene rings is 2. The third-order valence-corrected chi connectivity index (χ3v) is 9.72. The molecule has 0 amide bonds. The predicted molar refractivity (Wildman–Crippen MR) is 150 cm³/mol. The van der Waals surface area contributed by atoms with E-state index in [4.69, 9.17) is 9.98 Å². The summed E-state index contributed by atoms with van der Waals surface area (Å²) in [5.74, 6) is 3.34. The van der Waals surface area contributed by atoms with Crippen LogP contribution in [0.3, 0.4) is 0 Å². The zero-order chi connectivity index (χ0) is 22.8. The Morgan fingerprint density at radius 3 is 1.81 bits per heavy atom. The standard InChI is InChI=1S/C26H30N2S4/c1-7-8-18-10-12-20(32-18)24-22-21(25(28-24)29-13-15(2)3)23(19-11-9-17(6)31-19)27-26(22)30-14-16(4)5/h7-12,15-16H,13-14H2,1-6H3/b8-7+. The molecule has 2 aliphatic heterocycles. The first kappa shape index (κ1) is 23.8. The Kier molecular flexibility index (Phi) is 7.65. The molecule has 4 heterocycles. The van der Waals surface area contributed by atoms with Crippen LogP contribution in [0.4, 0.5) is 0 Å². The van der Waals surface area contributed by atoms with Crippen molar-refractivity contribution in [2.45, 2.75) is 41.5 Å². The molecule has 0 N–H and O–H groups in total. The lowest BCUT2D eigenvalue weighted by atomic mass is 10.0. The van der Waals surface area contributed by atoms with Gasteiger partial charge in [0.25, 0.3) is 0 Å². The van der Waals surface area contributed by atoms with Crippen LogP contribution < -0.4 is 0 Å². The van der Waals surface area contributed by atoms with Crippen LogP contribution in [0.1, 0.15) is 54.1 Å². The molecule has 0 bridgehead atoms. The van der Waals surface area contributed by atoms with E-state index in [0.717, 1.165) is 33.0 Å². The summed E-state index contributed by atoms with van der Waals surface area (Å²) in [7, 11) is 0. The van der Waals surface area contributed by atoms with E-state index in [9.17, 15) is 0 Å². The number of aliphatic imine (C=N–C) groups is 2. The molecule has 4 rings (SSSR count). The molecule has 2 aromatic rings. The van der Waals surface area contributed by atoms with E-state index >= 15 is 0 Å². The minimum Gasteiger partial charge on any atom is -0.239 e. The Bertz CT molecular complexity index is 1140. The van der Waals surface area contributed by atoms with Crippen molar-refractivity contribution >= 4 is 63.7 Å². The third kappa shape index (κ3) is 5.09. The summed E-state index contributed by atoms with van der Waals surface area (Å²) in [6, 6.07) is 8.83. The number of hydrogen-bond acceptors (Lipinski definition) is 6. The Labute approximate surface area is 208 Å². The number of rotatable bonds is 9. The molecular weight excluding hydrogens is 469 g/mol. The van der Waals surface area contributed by atoms with Gasteiger partial charge >= 0.3 is 0 Å². The minimum atomic E-state index is 0.614. The summed E-state index contributed by atoms with van der Waals surface area (Å²) in [5, 5.41) is 2.27. The summed E-state index contributed by atoms with van der Waals surface area (Å²) < 4.78 is 0. The summed E-state index contributed by atoms with van der Waals surface area (Å²) in [4.78, 5) is 15.5. The maximum Gasteiger partial charge on any atom is 0.107 e. The highest BCUT2D eigenvalue weighted by Gasteiger charge is 2.37. The van der Waals surface area contributed by atoms with Gasteiger partial charge in [-0.05, 0) is 56.0 Å². The van der Waals surface area contributed by atoms with Crippen LogP contribution in [-0.4, -0.2) is 22.9 Å². The lowest BCUT2D eigenvalue weighted by Gasteiger charge is -2.07. The Morgan fingerprint density at radius 2 is 1.34 bits per heavy atom. The zero-order valence-electron chi connectivity index (χ0n) is 19.6. The van der Waals surface area contributed by atoms with E-state index in [1.807, 2.05) is 46.2 Å². The maximum atomic E-state index is 5.25. The predicted octanol–water partition coefficient (Wildman–Crippen LogP) is 8.66. The fourth-order valence-electron chi connectivity index (χ4n) is 3.43. The van der Waals surface area contributed by atoms with Gasteiger partial charge in [0.1, 0.15) is 10.1 Å². The van der Waals surface area contributed by atoms with Crippen molar-refractivity contribution in [3.8, 4) is 0 Å². The summed E-state index contributed by atoms with van der Waals surface area (Å²) in [6.07, 6.45) is 4.26. The van der Waals surface area contributed by atoms with Gasteiger partial charge in [-0.15, -0.1) is 46.2 Å². The molecular formula is C26H30N2S4. The average molecular weight is 499 g/mol. The van der Waals surface area contributed by atoms with Crippen LogP contribution in [0.2, 0.25) is 0 Å². The van der Waals surface area contributed by atoms with Crippen molar-refractivity contribution < 1.29 is 0 Å². The molecule has 0 spiro atoms. The fraction of sp³-hybridized carbons (Fsp3) is 0.385. The first-order valence-corrected chi connectivity index (χ1v) is 14.7. The van der Waals surface area contributed by atoms with Crippen LogP contribution in [-0.2, 0) is 0 Å². The molecule has 0 saturated carbocycles. The summed E-state index contributed by atoms with van der Waals surface area (Å²) >= 11 is 7.40. The molecule has 32 heavy (non-hydrogen) atoms. The molecule has 2 nitrogen and oxygen atoms in total. The Hall–Kier alpha value is -1.34. The zero-order valence-corrected chi connectivity index (χ0v) is 22.8. The third-order valence-electron chi connectivity index (χ3n) is 4.85. The molecule has 0 aliphatic carbocycles. The average Bonchev–Trinajstić information content (AvgIpc) is 3.49. The Balaban J connectivity index is 1.82. The number of hydrogen-bond donors (Lipinski definition) is 0. The van der Waals surface area contributed by atoms with E-state index < -0.39 is 0 Å².